The standard InChI is InChI=1S/C13H14F4N2O/c14-10-4-3-8(5-9(10)13(15,16)17)19-12(20)6-11(18)7-1-2-7/h3-5,7,11H,1-2,6,18H2,(H,19,20). The van der Waals surface area contributed by atoms with E-state index in [-0.39, 0.29) is 18.2 Å². The molecule has 1 aliphatic rings. The van der Waals surface area contributed by atoms with Crippen molar-refractivity contribution in [3.05, 3.63) is 29.6 Å². The molecule has 0 saturated heterocycles. The summed E-state index contributed by atoms with van der Waals surface area (Å²) in [5, 5.41) is 2.31. The Bertz CT molecular complexity index is 512. The van der Waals surface area contributed by atoms with E-state index in [1.54, 1.807) is 0 Å². The van der Waals surface area contributed by atoms with Crippen molar-refractivity contribution in [2.45, 2.75) is 31.5 Å². The summed E-state index contributed by atoms with van der Waals surface area (Å²) in [6.45, 7) is 0. The lowest BCUT2D eigenvalue weighted by molar-refractivity contribution is -0.140. The largest absolute Gasteiger partial charge is 0.419 e. The van der Waals surface area contributed by atoms with Gasteiger partial charge >= 0.3 is 6.18 Å². The summed E-state index contributed by atoms with van der Waals surface area (Å²) < 4.78 is 50.6. The lowest BCUT2D eigenvalue weighted by atomic mass is 10.1. The predicted molar refractivity (Wildman–Crippen MR) is 65.3 cm³/mol. The Morgan fingerprint density at radius 1 is 1.40 bits per heavy atom. The molecule has 1 unspecified atom stereocenters. The Labute approximate surface area is 113 Å². The van der Waals surface area contributed by atoms with Gasteiger partial charge in [-0.05, 0) is 37.0 Å². The zero-order chi connectivity index (χ0) is 14.9. The summed E-state index contributed by atoms with van der Waals surface area (Å²) in [5.74, 6) is -1.52. The number of nitrogens with one attached hydrogen (secondary N) is 1. The monoisotopic (exact) mass is 290 g/mol. The van der Waals surface area contributed by atoms with Gasteiger partial charge < -0.3 is 11.1 Å². The average Bonchev–Trinajstić information content (AvgIpc) is 3.13. The maximum absolute atomic E-state index is 13.1. The van der Waals surface area contributed by atoms with Crippen molar-refractivity contribution in [1.82, 2.24) is 0 Å². The van der Waals surface area contributed by atoms with Crippen molar-refractivity contribution >= 4 is 11.6 Å². The molecule has 0 aliphatic heterocycles. The van der Waals surface area contributed by atoms with Crippen molar-refractivity contribution in [2.24, 2.45) is 11.7 Å². The Balaban J connectivity index is 2.03. The van der Waals surface area contributed by atoms with Gasteiger partial charge in [0.15, 0.2) is 0 Å². The van der Waals surface area contributed by atoms with Crippen LogP contribution in [0.2, 0.25) is 0 Å². The van der Waals surface area contributed by atoms with Crippen molar-refractivity contribution < 1.29 is 22.4 Å². The van der Waals surface area contributed by atoms with Gasteiger partial charge in [0.1, 0.15) is 5.82 Å². The van der Waals surface area contributed by atoms with Crippen LogP contribution in [0.1, 0.15) is 24.8 Å². The highest BCUT2D eigenvalue weighted by atomic mass is 19.4. The summed E-state index contributed by atoms with van der Waals surface area (Å²) in [6.07, 6.45) is -2.80. The number of rotatable bonds is 4. The van der Waals surface area contributed by atoms with Crippen molar-refractivity contribution in [1.29, 1.82) is 0 Å². The van der Waals surface area contributed by atoms with Crippen LogP contribution < -0.4 is 11.1 Å². The quantitative estimate of drug-likeness (QED) is 0.838. The van der Waals surface area contributed by atoms with E-state index in [4.69, 9.17) is 5.73 Å². The van der Waals surface area contributed by atoms with Crippen LogP contribution in [-0.2, 0) is 11.0 Å². The first-order valence-electron chi connectivity index (χ1n) is 6.19. The summed E-state index contributed by atoms with van der Waals surface area (Å²) in [6, 6.07) is 2.07. The minimum absolute atomic E-state index is 0.0450. The smallest absolute Gasteiger partial charge is 0.327 e. The molecule has 3 nitrogen and oxygen atoms in total. The predicted octanol–water partition coefficient (Wildman–Crippen LogP) is 2.91. The second-order valence-corrected chi connectivity index (χ2v) is 4.95. The number of hydrogen-bond donors (Lipinski definition) is 2. The molecule has 1 fully saturated rings. The Morgan fingerprint density at radius 3 is 2.60 bits per heavy atom. The molecule has 1 atom stereocenters. The van der Waals surface area contributed by atoms with Crippen molar-refractivity contribution in [3.8, 4) is 0 Å². The Kier molecular flexibility index (Phi) is 3.99. The molecule has 110 valence electrons. The van der Waals surface area contributed by atoms with Gasteiger partial charge in [0.25, 0.3) is 0 Å². The van der Waals surface area contributed by atoms with Gasteiger partial charge in [-0.15, -0.1) is 0 Å². The van der Waals surface area contributed by atoms with Crippen molar-refractivity contribution in [2.75, 3.05) is 5.32 Å². The molecule has 0 bridgehead atoms. The second-order valence-electron chi connectivity index (χ2n) is 4.95. The van der Waals surface area contributed by atoms with Crippen LogP contribution in [0.5, 0.6) is 0 Å². The molecule has 20 heavy (non-hydrogen) atoms. The molecule has 0 radical (unpaired) electrons. The molecule has 1 aromatic rings. The lowest BCUT2D eigenvalue weighted by Crippen LogP contribution is -2.28. The highest BCUT2D eigenvalue weighted by Crippen LogP contribution is 2.34. The van der Waals surface area contributed by atoms with Crippen LogP contribution in [0.4, 0.5) is 23.2 Å². The van der Waals surface area contributed by atoms with E-state index in [2.05, 4.69) is 5.32 Å². The van der Waals surface area contributed by atoms with E-state index >= 15 is 0 Å². The summed E-state index contributed by atoms with van der Waals surface area (Å²) in [5.41, 5.74) is 4.26. The van der Waals surface area contributed by atoms with Gasteiger partial charge in [-0.3, -0.25) is 4.79 Å². The van der Waals surface area contributed by atoms with Crippen molar-refractivity contribution in [3.63, 3.8) is 0 Å². The molecule has 3 N–H and O–H groups in total. The van der Waals surface area contributed by atoms with Crippen LogP contribution in [0.15, 0.2) is 18.2 Å². The topological polar surface area (TPSA) is 55.1 Å². The summed E-state index contributed by atoms with van der Waals surface area (Å²) >= 11 is 0. The average molecular weight is 290 g/mol. The number of alkyl halides is 3. The van der Waals surface area contributed by atoms with E-state index in [0.29, 0.717) is 18.1 Å². The number of amides is 1. The Morgan fingerprint density at radius 2 is 2.05 bits per heavy atom. The highest BCUT2D eigenvalue weighted by Gasteiger charge is 2.34. The zero-order valence-corrected chi connectivity index (χ0v) is 10.5. The number of carbonyl (C=O) groups excluding carboxylic acids is 1. The van der Waals surface area contributed by atoms with Gasteiger partial charge in [0.05, 0.1) is 5.56 Å². The molecule has 0 heterocycles. The summed E-state index contributed by atoms with van der Waals surface area (Å²) in [4.78, 5) is 11.6. The normalized spacial score (nSPS) is 16.9. The number of carbonyl (C=O) groups is 1. The minimum atomic E-state index is -4.80. The molecule has 1 amide bonds. The molecular weight excluding hydrogens is 276 g/mol. The van der Waals surface area contributed by atoms with E-state index in [9.17, 15) is 22.4 Å². The molecule has 0 spiro atoms. The number of hydrogen-bond acceptors (Lipinski definition) is 2. The second kappa shape index (κ2) is 5.40. The first kappa shape index (κ1) is 14.8. The summed E-state index contributed by atoms with van der Waals surface area (Å²) in [7, 11) is 0. The maximum Gasteiger partial charge on any atom is 0.419 e. The molecule has 1 saturated carbocycles. The molecule has 2 rings (SSSR count). The first-order valence-corrected chi connectivity index (χ1v) is 6.19. The highest BCUT2D eigenvalue weighted by molar-refractivity contribution is 5.91. The maximum atomic E-state index is 13.1. The molecule has 7 heteroatoms. The van der Waals surface area contributed by atoms with E-state index in [1.165, 1.54) is 0 Å². The van der Waals surface area contributed by atoms with Gasteiger partial charge in [-0.25, -0.2) is 4.39 Å². The van der Waals surface area contributed by atoms with Gasteiger partial charge in [0, 0.05) is 18.2 Å². The SMILES string of the molecule is NC(CC(=O)Nc1ccc(F)c(C(F)(F)F)c1)C1CC1. The first-order chi connectivity index (χ1) is 9.27. The van der Waals surface area contributed by atoms with Crippen LogP contribution in [-0.4, -0.2) is 11.9 Å². The van der Waals surface area contributed by atoms with Gasteiger partial charge in [0.2, 0.25) is 5.91 Å². The molecular formula is C13H14F4N2O. The molecule has 1 aliphatic carbocycles. The Hall–Kier alpha value is -1.63. The zero-order valence-electron chi connectivity index (χ0n) is 10.5. The fraction of sp³-hybridized carbons (Fsp3) is 0.462. The van der Waals surface area contributed by atoms with E-state index in [0.717, 1.165) is 18.9 Å². The van der Waals surface area contributed by atoms with Crippen LogP contribution in [0.25, 0.3) is 0 Å². The number of benzene rings is 1. The molecule has 0 aromatic heterocycles. The fourth-order valence-electron chi connectivity index (χ4n) is 1.94. The third-order valence-corrected chi connectivity index (χ3v) is 3.20. The van der Waals surface area contributed by atoms with E-state index < -0.39 is 23.5 Å². The van der Waals surface area contributed by atoms with Crippen LogP contribution in [0, 0.1) is 11.7 Å². The van der Waals surface area contributed by atoms with Crippen LogP contribution >= 0.6 is 0 Å². The van der Waals surface area contributed by atoms with Gasteiger partial charge in [-0.2, -0.15) is 13.2 Å². The lowest BCUT2D eigenvalue weighted by Gasteiger charge is -2.13. The number of nitrogens with two attached hydrogens (primary N) is 1. The van der Waals surface area contributed by atoms with E-state index in [1.807, 2.05) is 0 Å². The number of anilines is 1. The number of halogens is 4. The third kappa shape index (κ3) is 3.69. The fourth-order valence-corrected chi connectivity index (χ4v) is 1.94. The van der Waals surface area contributed by atoms with Crippen LogP contribution in [0.3, 0.4) is 0 Å². The third-order valence-electron chi connectivity index (χ3n) is 3.20. The molecule has 1 aromatic carbocycles. The van der Waals surface area contributed by atoms with Gasteiger partial charge in [-0.1, -0.05) is 0 Å². The minimum Gasteiger partial charge on any atom is -0.327 e.